The number of aldehydes is 1. The van der Waals surface area contributed by atoms with Crippen LogP contribution < -0.4 is 21.3 Å². The van der Waals surface area contributed by atoms with E-state index in [0.717, 1.165) is 80.8 Å². The zero-order chi connectivity index (χ0) is 49.8. The van der Waals surface area contributed by atoms with Crippen molar-refractivity contribution in [3.05, 3.63) is 106 Å². The summed E-state index contributed by atoms with van der Waals surface area (Å²) < 4.78 is 55.8. The molecule has 3 fully saturated rings. The molecule has 69 heavy (non-hydrogen) atoms. The minimum atomic E-state index is -4.56. The predicted octanol–water partition coefficient (Wildman–Crippen LogP) is 5.41. The number of aryl methyl sites for hydroxylation is 1. The summed E-state index contributed by atoms with van der Waals surface area (Å²) in [5.41, 5.74) is 9.43. The van der Waals surface area contributed by atoms with Gasteiger partial charge in [-0.25, -0.2) is 9.37 Å². The van der Waals surface area contributed by atoms with Gasteiger partial charge in [0.05, 0.1) is 29.1 Å². The Morgan fingerprint density at radius 3 is 2.32 bits per heavy atom. The number of imide groups is 1. The largest absolute Gasteiger partial charge is 0.404 e. The first-order valence-electron chi connectivity index (χ1n) is 22.8. The number of alkyl halides is 3. The molecule has 0 saturated carbocycles. The second kappa shape index (κ2) is 20.8. The third-order valence-electron chi connectivity index (χ3n) is 13.5. The average molecular weight is 956 g/mol. The number of rotatable bonds is 14. The van der Waals surface area contributed by atoms with Crippen molar-refractivity contribution in [1.82, 2.24) is 40.5 Å². The van der Waals surface area contributed by atoms with Gasteiger partial charge in [-0.15, -0.1) is 0 Å². The van der Waals surface area contributed by atoms with E-state index in [0.29, 0.717) is 44.2 Å². The topological polar surface area (TPSA) is 202 Å². The molecule has 7 rings (SSSR count). The van der Waals surface area contributed by atoms with Crippen LogP contribution in [0.15, 0.2) is 65.3 Å². The van der Waals surface area contributed by atoms with Crippen molar-refractivity contribution in [2.75, 3.05) is 51.2 Å². The summed E-state index contributed by atoms with van der Waals surface area (Å²) in [7, 11) is 1.44. The normalized spacial score (nSPS) is 18.1. The summed E-state index contributed by atoms with van der Waals surface area (Å²) in [6.45, 7) is 10.8. The molecule has 0 aliphatic carbocycles. The number of piperidine rings is 2. The van der Waals surface area contributed by atoms with Crippen molar-refractivity contribution in [2.24, 2.45) is 10.7 Å². The lowest BCUT2D eigenvalue weighted by Gasteiger charge is -2.43. The zero-order valence-electron chi connectivity index (χ0n) is 39.3. The predicted molar refractivity (Wildman–Crippen MR) is 251 cm³/mol. The number of H-pyrrole nitrogens is 1. The van der Waals surface area contributed by atoms with Crippen LogP contribution >= 0.6 is 0 Å². The number of benzene rings is 3. The lowest BCUT2D eigenvalue weighted by molar-refractivity contribution is -0.182. The lowest BCUT2D eigenvalue weighted by atomic mass is 9.92. The Bertz CT molecular complexity index is 2650. The molecule has 1 atom stereocenters. The van der Waals surface area contributed by atoms with Gasteiger partial charge in [-0.1, -0.05) is 30.3 Å². The SMILES string of the molecule is Cc1ccc(N=C/C(=C\N)C(=O)NCc2nc(C(C)(C)C(F)(F)F)n[nH]2)c(C)c1-c1ccc(CN2CCC(N3CCN(c4cc(C(=O)N(C)C5CCC(=O)NC5=O)c(C=O)cc4F)CC3)CC2)cc1. The highest BCUT2D eigenvalue weighted by molar-refractivity contribution is 6.12. The van der Waals surface area contributed by atoms with Crippen LogP contribution in [0.5, 0.6) is 0 Å². The minimum Gasteiger partial charge on any atom is -0.404 e. The van der Waals surface area contributed by atoms with E-state index in [1.807, 2.05) is 30.9 Å². The van der Waals surface area contributed by atoms with E-state index in [1.54, 1.807) is 0 Å². The first kappa shape index (κ1) is 50.1. The van der Waals surface area contributed by atoms with E-state index in [2.05, 4.69) is 64.9 Å². The minimum absolute atomic E-state index is 0.00224. The molecule has 3 aliphatic rings. The van der Waals surface area contributed by atoms with Gasteiger partial charge in [0.2, 0.25) is 11.8 Å². The Morgan fingerprint density at radius 1 is 0.986 bits per heavy atom. The molecule has 4 heterocycles. The Kier molecular flexibility index (Phi) is 15.1. The average Bonchev–Trinajstić information content (AvgIpc) is 3.82. The van der Waals surface area contributed by atoms with Crippen molar-refractivity contribution in [2.45, 2.75) is 90.1 Å². The van der Waals surface area contributed by atoms with E-state index in [9.17, 15) is 37.1 Å². The number of carbonyl (C=O) groups excluding carboxylic acids is 5. The number of likely N-dealkylation sites (N-methyl/N-ethyl adjacent to an activating group) is 1. The molecule has 1 unspecified atom stereocenters. The maximum atomic E-state index is 15.5. The van der Waals surface area contributed by atoms with E-state index >= 15 is 4.39 Å². The molecule has 3 aliphatic heterocycles. The molecule has 3 saturated heterocycles. The molecule has 20 heteroatoms. The Hall–Kier alpha value is -6.80. The number of hydrogen-bond donors (Lipinski definition) is 4. The summed E-state index contributed by atoms with van der Waals surface area (Å²) in [6, 6.07) is 14.2. The number of likely N-dealkylation sites (tertiary alicyclic amines) is 1. The van der Waals surface area contributed by atoms with Gasteiger partial charge in [0.1, 0.15) is 23.1 Å². The molecular weight excluding hydrogens is 899 g/mol. The zero-order valence-corrected chi connectivity index (χ0v) is 39.3. The van der Waals surface area contributed by atoms with Gasteiger partial charge in [-0.3, -0.25) is 49.2 Å². The molecule has 5 N–H and O–H groups in total. The first-order chi connectivity index (χ1) is 32.8. The van der Waals surface area contributed by atoms with Crippen LogP contribution in [-0.4, -0.2) is 131 Å². The van der Waals surface area contributed by atoms with Crippen LogP contribution in [0, 0.1) is 19.7 Å². The quantitative estimate of drug-likeness (QED) is 0.0414. The van der Waals surface area contributed by atoms with Gasteiger partial charge in [-0.05, 0) is 106 Å². The number of aromatic nitrogens is 3. The third kappa shape index (κ3) is 11.1. The molecule has 0 radical (unpaired) electrons. The second-order valence-corrected chi connectivity index (χ2v) is 18.3. The molecule has 1 aromatic heterocycles. The number of nitrogens with one attached hydrogen (secondary N) is 3. The standard InChI is InChI=1S/C49H57F4N11O5/c1-29-6-11-38(55-25-34(24-54)44(67)56-26-41-57-47(60-59-41)48(3,4)49(51,52)53)30(2)43(29)32-9-7-31(8-10-32)27-62-16-14-35(15-17-62)63-18-20-64(21-19-63)40-23-36(33(28-65)22-37(40)50)46(69)61(5)39-12-13-42(66)58-45(39)68/h6-11,22-25,28,35,39H,12-21,26-27,54H2,1-5H3,(H,56,67)(H,57,59,60)(H,58,66,68)/b34-24+,55-25?. The van der Waals surface area contributed by atoms with Crippen LogP contribution in [0.1, 0.15) is 88.6 Å². The molecule has 16 nitrogen and oxygen atoms in total. The molecule has 3 aromatic carbocycles. The van der Waals surface area contributed by atoms with Crippen molar-refractivity contribution in [1.29, 1.82) is 0 Å². The molecule has 4 amide bonds. The number of nitrogens with two attached hydrogens (primary N) is 1. The van der Waals surface area contributed by atoms with Crippen LogP contribution in [0.2, 0.25) is 0 Å². The highest BCUT2D eigenvalue weighted by atomic mass is 19.4. The number of anilines is 1. The highest BCUT2D eigenvalue weighted by Gasteiger charge is 2.51. The maximum absolute atomic E-state index is 15.5. The number of nitrogens with zero attached hydrogens (tertiary/aromatic N) is 7. The summed E-state index contributed by atoms with van der Waals surface area (Å²) in [5.74, 6) is -3.17. The fourth-order valence-corrected chi connectivity index (χ4v) is 9.07. The summed E-state index contributed by atoms with van der Waals surface area (Å²) in [6.07, 6.45) is 0.518. The van der Waals surface area contributed by atoms with E-state index < -0.39 is 52.9 Å². The molecule has 366 valence electrons. The van der Waals surface area contributed by atoms with E-state index in [4.69, 9.17) is 5.73 Å². The van der Waals surface area contributed by atoms with Crippen molar-refractivity contribution < 1.29 is 41.5 Å². The number of carbonyl (C=O) groups is 5. The van der Waals surface area contributed by atoms with Gasteiger partial charge >= 0.3 is 6.18 Å². The molecule has 0 bridgehead atoms. The van der Waals surface area contributed by atoms with Crippen molar-refractivity contribution >= 4 is 47.5 Å². The van der Waals surface area contributed by atoms with Crippen LogP contribution in [0.25, 0.3) is 11.1 Å². The van der Waals surface area contributed by atoms with Gasteiger partial charge < -0.3 is 20.9 Å². The van der Waals surface area contributed by atoms with E-state index in [-0.39, 0.29) is 47.6 Å². The number of amides is 4. The summed E-state index contributed by atoms with van der Waals surface area (Å²) >= 11 is 0. The van der Waals surface area contributed by atoms with E-state index in [1.165, 1.54) is 29.8 Å². The number of hydrogen-bond acceptors (Lipinski definition) is 12. The number of aliphatic imine (C=N–C) groups is 1. The third-order valence-corrected chi connectivity index (χ3v) is 13.5. The van der Waals surface area contributed by atoms with Crippen molar-refractivity contribution in [3.8, 4) is 11.1 Å². The fraction of sp³-hybridized carbons (Fsp3) is 0.429. The molecule has 0 spiro atoms. The van der Waals surface area contributed by atoms with Gasteiger partial charge in [0, 0.05) is 70.2 Å². The summed E-state index contributed by atoms with van der Waals surface area (Å²) in [4.78, 5) is 79.0. The van der Waals surface area contributed by atoms with Gasteiger partial charge in [0.25, 0.3) is 11.8 Å². The van der Waals surface area contributed by atoms with Gasteiger partial charge in [0.15, 0.2) is 12.1 Å². The molecular formula is C49H57F4N11O5. The number of aromatic amines is 1. The van der Waals surface area contributed by atoms with Gasteiger partial charge in [-0.2, -0.15) is 18.3 Å². The maximum Gasteiger partial charge on any atom is 0.401 e. The van der Waals surface area contributed by atoms with Crippen LogP contribution in [-0.2, 0) is 32.9 Å². The Balaban J connectivity index is 0.901. The fourth-order valence-electron chi connectivity index (χ4n) is 9.07. The molecule has 4 aromatic rings. The lowest BCUT2D eigenvalue weighted by Crippen LogP contribution is -2.53. The number of piperazine rings is 1. The Labute approximate surface area is 397 Å². The van der Waals surface area contributed by atoms with Crippen molar-refractivity contribution in [3.63, 3.8) is 0 Å². The van der Waals surface area contributed by atoms with Crippen LogP contribution in [0.3, 0.4) is 0 Å². The smallest absolute Gasteiger partial charge is 0.401 e. The monoisotopic (exact) mass is 955 g/mol. The summed E-state index contributed by atoms with van der Waals surface area (Å²) in [5, 5.41) is 11.0. The van der Waals surface area contributed by atoms with Crippen LogP contribution in [0.4, 0.5) is 28.9 Å². The highest BCUT2D eigenvalue weighted by Crippen LogP contribution is 2.39. The second-order valence-electron chi connectivity index (χ2n) is 18.3. The Morgan fingerprint density at radius 2 is 1.68 bits per heavy atom. The first-order valence-corrected chi connectivity index (χ1v) is 22.8. The number of halogens is 4.